The summed E-state index contributed by atoms with van der Waals surface area (Å²) in [7, 11) is 2.92. The smallest absolute Gasteiger partial charge is 0.244 e. The van der Waals surface area contributed by atoms with Gasteiger partial charge in [-0.1, -0.05) is 11.6 Å². The average Bonchev–Trinajstić information content (AvgIpc) is 3.37. The number of aromatic nitrogens is 1. The lowest BCUT2D eigenvalue weighted by Crippen LogP contribution is -2.24. The van der Waals surface area contributed by atoms with Gasteiger partial charge in [0, 0.05) is 34.6 Å². The zero-order valence-electron chi connectivity index (χ0n) is 19.9. The van der Waals surface area contributed by atoms with Crippen molar-refractivity contribution in [1.82, 2.24) is 4.57 Å². The van der Waals surface area contributed by atoms with Gasteiger partial charge in [-0.15, -0.1) is 0 Å². The molecule has 188 valence electrons. The van der Waals surface area contributed by atoms with Crippen LogP contribution in [-0.4, -0.2) is 37.3 Å². The number of carbonyl (C=O) groups excluding carboxylic acids is 2. The number of nitrogens with zero attached hydrogens (tertiary/aromatic N) is 1. The molecule has 0 aliphatic carbocycles. The maximum atomic E-state index is 13.4. The Hall–Kier alpha value is -4.50. The summed E-state index contributed by atoms with van der Waals surface area (Å²) in [6.45, 7) is -0.0760. The first-order chi connectivity index (χ1) is 17.9. The Morgan fingerprint density at radius 2 is 1.68 bits per heavy atom. The summed E-state index contributed by atoms with van der Waals surface area (Å²) >= 11 is 5.95. The van der Waals surface area contributed by atoms with E-state index in [-0.39, 0.29) is 35.8 Å². The van der Waals surface area contributed by atoms with Crippen LogP contribution in [0.3, 0.4) is 0 Å². The molecule has 37 heavy (non-hydrogen) atoms. The second-order valence-corrected chi connectivity index (χ2v) is 8.61. The van der Waals surface area contributed by atoms with Gasteiger partial charge in [0.2, 0.25) is 18.1 Å². The van der Waals surface area contributed by atoms with Crippen LogP contribution in [0.15, 0.2) is 65.6 Å². The number of nitrogens with one attached hydrogen (secondary N) is 1. The van der Waals surface area contributed by atoms with Gasteiger partial charge < -0.3 is 28.8 Å². The number of anilines is 1. The predicted molar refractivity (Wildman–Crippen MR) is 137 cm³/mol. The number of halogens is 1. The lowest BCUT2D eigenvalue weighted by Gasteiger charge is -2.16. The van der Waals surface area contributed by atoms with Gasteiger partial charge in [-0.3, -0.25) is 14.4 Å². The van der Waals surface area contributed by atoms with Crippen LogP contribution in [0.4, 0.5) is 5.69 Å². The minimum atomic E-state index is -0.497. The molecule has 0 radical (unpaired) electrons. The monoisotopic (exact) mass is 520 g/mol. The maximum Gasteiger partial charge on any atom is 0.244 e. The summed E-state index contributed by atoms with van der Waals surface area (Å²) < 4.78 is 23.0. The first kappa shape index (κ1) is 24.2. The average molecular weight is 521 g/mol. The first-order valence-corrected chi connectivity index (χ1v) is 11.5. The van der Waals surface area contributed by atoms with E-state index in [0.717, 1.165) is 0 Å². The molecule has 2 heterocycles. The van der Waals surface area contributed by atoms with E-state index in [1.807, 2.05) is 0 Å². The summed E-state index contributed by atoms with van der Waals surface area (Å²) in [6.07, 6.45) is 1.38. The Balaban J connectivity index is 1.57. The highest BCUT2D eigenvalue weighted by Crippen LogP contribution is 2.34. The number of ketones is 1. The van der Waals surface area contributed by atoms with Gasteiger partial charge in [0.15, 0.2) is 28.8 Å². The van der Waals surface area contributed by atoms with Crippen molar-refractivity contribution in [1.29, 1.82) is 0 Å². The number of carbonyl (C=O) groups is 2. The van der Waals surface area contributed by atoms with E-state index in [0.29, 0.717) is 39.2 Å². The summed E-state index contributed by atoms with van der Waals surface area (Å²) in [5.41, 5.74) is 0.603. The summed E-state index contributed by atoms with van der Waals surface area (Å²) in [6, 6.07) is 14.4. The number of rotatable bonds is 7. The SMILES string of the molecule is COc1cc2c(=O)c(C(=O)c3ccc(Cl)cc3)cn(CC(=O)Nc3ccc4c(c3)OCO4)c2cc1OC. The number of ether oxygens (including phenoxy) is 4. The molecule has 9 nitrogen and oxygen atoms in total. The molecule has 1 aliphatic rings. The summed E-state index contributed by atoms with van der Waals surface area (Å²) in [5.74, 6) is 0.928. The third-order valence-corrected chi connectivity index (χ3v) is 6.16. The van der Waals surface area contributed by atoms with Crippen LogP contribution in [0.5, 0.6) is 23.0 Å². The van der Waals surface area contributed by atoms with E-state index in [2.05, 4.69) is 5.32 Å². The van der Waals surface area contributed by atoms with Gasteiger partial charge >= 0.3 is 0 Å². The Morgan fingerprint density at radius 3 is 2.41 bits per heavy atom. The van der Waals surface area contributed by atoms with Crippen LogP contribution in [0.25, 0.3) is 10.9 Å². The van der Waals surface area contributed by atoms with Gasteiger partial charge in [-0.25, -0.2) is 0 Å². The van der Waals surface area contributed by atoms with Gasteiger partial charge in [0.05, 0.1) is 30.7 Å². The molecule has 0 spiro atoms. The molecule has 4 aromatic rings. The number of hydrogen-bond donors (Lipinski definition) is 1. The predicted octanol–water partition coefficient (Wildman–Crippen LogP) is 4.27. The fourth-order valence-electron chi connectivity index (χ4n) is 4.10. The normalized spacial score (nSPS) is 11.9. The van der Waals surface area contributed by atoms with Crippen LogP contribution >= 0.6 is 11.6 Å². The molecule has 10 heteroatoms. The Labute approximate surface area is 216 Å². The van der Waals surface area contributed by atoms with Crippen molar-refractivity contribution in [3.8, 4) is 23.0 Å². The molecule has 1 aromatic heterocycles. The lowest BCUT2D eigenvalue weighted by molar-refractivity contribution is -0.116. The Bertz CT molecular complexity index is 1600. The highest BCUT2D eigenvalue weighted by atomic mass is 35.5. The van der Waals surface area contributed by atoms with E-state index in [1.54, 1.807) is 48.5 Å². The van der Waals surface area contributed by atoms with E-state index in [4.69, 9.17) is 30.5 Å². The first-order valence-electron chi connectivity index (χ1n) is 11.2. The fraction of sp³-hybridized carbons (Fsp3) is 0.148. The second-order valence-electron chi connectivity index (χ2n) is 8.18. The summed E-state index contributed by atoms with van der Waals surface area (Å²) in [4.78, 5) is 39.8. The number of hydrogen-bond acceptors (Lipinski definition) is 7. The fourth-order valence-corrected chi connectivity index (χ4v) is 4.22. The highest BCUT2D eigenvalue weighted by molar-refractivity contribution is 6.30. The molecule has 3 aromatic carbocycles. The number of fused-ring (bicyclic) bond motifs is 2. The second kappa shape index (κ2) is 9.87. The van der Waals surface area contributed by atoms with Gasteiger partial charge in [0.25, 0.3) is 0 Å². The molecular weight excluding hydrogens is 500 g/mol. The molecule has 1 N–H and O–H groups in total. The van der Waals surface area contributed by atoms with Gasteiger partial charge in [0.1, 0.15) is 6.54 Å². The molecule has 0 atom stereocenters. The van der Waals surface area contributed by atoms with Crippen molar-refractivity contribution in [2.75, 3.05) is 26.3 Å². The Morgan fingerprint density at radius 1 is 0.973 bits per heavy atom. The van der Waals surface area contributed by atoms with Gasteiger partial charge in [-0.2, -0.15) is 0 Å². The van der Waals surface area contributed by atoms with E-state index in [9.17, 15) is 14.4 Å². The molecule has 0 saturated heterocycles. The highest BCUT2D eigenvalue weighted by Gasteiger charge is 2.21. The maximum absolute atomic E-state index is 13.4. The molecule has 0 unspecified atom stereocenters. The molecule has 5 rings (SSSR count). The lowest BCUT2D eigenvalue weighted by atomic mass is 10.0. The van der Waals surface area contributed by atoms with Crippen LogP contribution in [-0.2, 0) is 11.3 Å². The van der Waals surface area contributed by atoms with E-state index >= 15 is 0 Å². The number of benzene rings is 3. The standard InChI is InChI=1S/C27H21ClN2O7/c1-34-22-10-18-20(11-23(22)35-2)30(12-19(27(18)33)26(32)15-3-5-16(28)6-4-15)13-25(31)29-17-7-8-21-24(9-17)37-14-36-21/h3-12H,13-14H2,1-2H3,(H,29,31). The third-order valence-electron chi connectivity index (χ3n) is 5.91. The van der Waals surface area contributed by atoms with Gasteiger partial charge in [-0.05, 0) is 42.5 Å². The van der Waals surface area contributed by atoms with Crippen LogP contribution in [0.2, 0.25) is 5.02 Å². The molecule has 1 amide bonds. The molecule has 0 bridgehead atoms. The summed E-state index contributed by atoms with van der Waals surface area (Å²) in [5, 5.41) is 3.47. The van der Waals surface area contributed by atoms with Crippen molar-refractivity contribution in [3.63, 3.8) is 0 Å². The van der Waals surface area contributed by atoms with Crippen molar-refractivity contribution in [2.45, 2.75) is 6.54 Å². The third kappa shape index (κ3) is 4.68. The van der Waals surface area contributed by atoms with Crippen molar-refractivity contribution < 1.29 is 28.5 Å². The molecule has 0 fully saturated rings. The Kier molecular flexibility index (Phi) is 6.45. The van der Waals surface area contributed by atoms with Crippen LogP contribution < -0.4 is 29.7 Å². The van der Waals surface area contributed by atoms with Crippen molar-refractivity contribution in [3.05, 3.63) is 87.2 Å². The van der Waals surface area contributed by atoms with Crippen LogP contribution in [0.1, 0.15) is 15.9 Å². The van der Waals surface area contributed by atoms with E-state index < -0.39 is 11.2 Å². The van der Waals surface area contributed by atoms with Crippen molar-refractivity contribution in [2.24, 2.45) is 0 Å². The molecule has 1 aliphatic heterocycles. The minimum absolute atomic E-state index is 0.0991. The van der Waals surface area contributed by atoms with Crippen molar-refractivity contribution >= 4 is 39.9 Å². The molecule has 0 saturated carbocycles. The zero-order valence-corrected chi connectivity index (χ0v) is 20.6. The minimum Gasteiger partial charge on any atom is -0.493 e. The quantitative estimate of drug-likeness (QED) is 0.363. The number of methoxy groups -OCH3 is 2. The topological polar surface area (TPSA) is 105 Å². The largest absolute Gasteiger partial charge is 0.493 e. The zero-order chi connectivity index (χ0) is 26.1. The van der Waals surface area contributed by atoms with Crippen LogP contribution in [0, 0.1) is 0 Å². The van der Waals surface area contributed by atoms with E-state index in [1.165, 1.54) is 31.0 Å². The number of amides is 1. The number of pyridine rings is 1. The molecular formula is C27H21ClN2O7.